The number of aromatic nitrogens is 1. The number of hydrogen-bond donors (Lipinski definition) is 2. The molecule has 0 amide bonds. The van der Waals surface area contributed by atoms with Crippen molar-refractivity contribution in [3.05, 3.63) is 69.2 Å². The number of anilines is 1. The summed E-state index contributed by atoms with van der Waals surface area (Å²) in [5, 5.41) is 12.7. The molecule has 0 atom stereocenters. The van der Waals surface area contributed by atoms with Gasteiger partial charge >= 0.3 is 5.97 Å². The average Bonchev–Trinajstić information content (AvgIpc) is 2.70. The zero-order chi connectivity index (χ0) is 19.8. The molecule has 0 spiro atoms. The Bertz CT molecular complexity index is 1130. The Morgan fingerprint density at radius 3 is 2.50 bits per heavy atom. The number of halogens is 2. The normalized spacial score (nSPS) is 14.4. The summed E-state index contributed by atoms with van der Waals surface area (Å²) in [6.45, 7) is 2.53. The lowest BCUT2D eigenvalue weighted by molar-refractivity contribution is 0.0695. The van der Waals surface area contributed by atoms with E-state index >= 15 is 0 Å². The summed E-state index contributed by atoms with van der Waals surface area (Å²) < 4.78 is 16.5. The van der Waals surface area contributed by atoms with Crippen molar-refractivity contribution < 1.29 is 14.3 Å². The Hall–Kier alpha value is -2.90. The Kier molecular flexibility index (Phi) is 4.78. The van der Waals surface area contributed by atoms with Gasteiger partial charge in [-0.25, -0.2) is 9.18 Å². The van der Waals surface area contributed by atoms with E-state index in [1.54, 1.807) is 24.3 Å². The first kappa shape index (κ1) is 18.5. The SMILES string of the molecule is O=C(O)c1cn(-c2ccccc2)c2c(Cl)c(N3CCNCC3)c(F)cc2c1=O. The molecule has 6 nitrogen and oxygen atoms in total. The van der Waals surface area contributed by atoms with Crippen molar-refractivity contribution in [3.63, 3.8) is 0 Å². The van der Waals surface area contributed by atoms with Crippen molar-refractivity contribution >= 4 is 34.2 Å². The van der Waals surface area contributed by atoms with Crippen molar-refractivity contribution in [1.29, 1.82) is 0 Å². The number of carboxylic acid groups (broad SMARTS) is 1. The first-order valence-electron chi connectivity index (χ1n) is 8.81. The van der Waals surface area contributed by atoms with E-state index in [-0.39, 0.29) is 21.6 Å². The number of nitrogens with one attached hydrogen (secondary N) is 1. The van der Waals surface area contributed by atoms with Gasteiger partial charge in [-0.2, -0.15) is 0 Å². The standard InChI is InChI=1S/C20H17ClFN3O3/c21-16-17-13(10-15(22)18(16)24-8-6-23-7-9-24)19(26)14(20(27)28)11-25(17)12-4-2-1-3-5-12/h1-5,10-11,23H,6-9H2,(H,27,28). The van der Waals surface area contributed by atoms with Crippen molar-refractivity contribution in [2.45, 2.75) is 0 Å². The largest absolute Gasteiger partial charge is 0.477 e. The van der Waals surface area contributed by atoms with Gasteiger partial charge in [0.15, 0.2) is 0 Å². The van der Waals surface area contributed by atoms with Gasteiger partial charge in [0.1, 0.15) is 11.4 Å². The molecule has 2 N–H and O–H groups in total. The van der Waals surface area contributed by atoms with Crippen LogP contribution in [0.15, 0.2) is 47.4 Å². The van der Waals surface area contributed by atoms with Crippen molar-refractivity contribution in [1.82, 2.24) is 9.88 Å². The third kappa shape index (κ3) is 3.02. The maximum Gasteiger partial charge on any atom is 0.341 e. The molecule has 0 bridgehead atoms. The van der Waals surface area contributed by atoms with E-state index in [1.165, 1.54) is 10.8 Å². The number of benzene rings is 2. The zero-order valence-corrected chi connectivity index (χ0v) is 15.5. The second kappa shape index (κ2) is 7.26. The summed E-state index contributed by atoms with van der Waals surface area (Å²) in [4.78, 5) is 26.1. The lowest BCUT2D eigenvalue weighted by Crippen LogP contribution is -2.44. The van der Waals surface area contributed by atoms with Crippen LogP contribution in [0.2, 0.25) is 5.02 Å². The Balaban J connectivity index is 2.09. The number of nitrogens with zero attached hydrogens (tertiary/aromatic N) is 2. The highest BCUT2D eigenvalue weighted by Crippen LogP contribution is 2.36. The highest BCUT2D eigenvalue weighted by atomic mass is 35.5. The monoisotopic (exact) mass is 401 g/mol. The van der Waals surface area contributed by atoms with Crippen LogP contribution in [0, 0.1) is 5.82 Å². The van der Waals surface area contributed by atoms with Crippen LogP contribution in [0.5, 0.6) is 0 Å². The molecule has 144 valence electrons. The number of pyridine rings is 1. The zero-order valence-electron chi connectivity index (χ0n) is 14.8. The Morgan fingerprint density at radius 2 is 1.86 bits per heavy atom. The molecule has 2 aromatic carbocycles. The van der Waals surface area contributed by atoms with Crippen molar-refractivity contribution in [2.24, 2.45) is 0 Å². The molecule has 2 heterocycles. The highest BCUT2D eigenvalue weighted by molar-refractivity contribution is 6.38. The van der Waals surface area contributed by atoms with Gasteiger partial charge in [0.25, 0.3) is 0 Å². The van der Waals surface area contributed by atoms with Crippen LogP contribution in [0.25, 0.3) is 16.6 Å². The summed E-state index contributed by atoms with van der Waals surface area (Å²) in [5.74, 6) is -2.02. The molecule has 0 radical (unpaired) electrons. The molecule has 1 aliphatic rings. The summed E-state index contributed by atoms with van der Waals surface area (Å²) in [7, 11) is 0. The van der Waals surface area contributed by atoms with Crippen LogP contribution >= 0.6 is 11.6 Å². The molecule has 1 saturated heterocycles. The minimum Gasteiger partial charge on any atom is -0.477 e. The molecule has 3 aromatic rings. The van der Waals surface area contributed by atoms with Gasteiger partial charge in [0, 0.05) is 38.1 Å². The molecule has 0 saturated carbocycles. The van der Waals surface area contributed by atoms with Crippen LogP contribution in [-0.4, -0.2) is 41.8 Å². The van der Waals surface area contributed by atoms with Gasteiger partial charge in [0.05, 0.1) is 21.6 Å². The molecule has 1 aromatic heterocycles. The van der Waals surface area contributed by atoms with E-state index < -0.39 is 22.8 Å². The Labute approximate surface area is 164 Å². The van der Waals surface area contributed by atoms with Gasteiger partial charge in [-0.1, -0.05) is 29.8 Å². The Morgan fingerprint density at radius 1 is 1.18 bits per heavy atom. The number of rotatable bonds is 3. The summed E-state index contributed by atoms with van der Waals surface area (Å²) >= 11 is 6.63. The minimum absolute atomic E-state index is 0.0647. The third-order valence-electron chi connectivity index (χ3n) is 4.85. The van der Waals surface area contributed by atoms with Crippen LogP contribution in [0.1, 0.15) is 10.4 Å². The number of aromatic carboxylic acids is 1. The molecule has 4 rings (SSSR count). The number of hydrogen-bond acceptors (Lipinski definition) is 4. The fourth-order valence-corrected chi connectivity index (χ4v) is 3.93. The summed E-state index contributed by atoms with van der Waals surface area (Å²) in [6, 6.07) is 10.0. The van der Waals surface area contributed by atoms with Gasteiger partial charge in [-0.05, 0) is 18.2 Å². The molecule has 28 heavy (non-hydrogen) atoms. The topological polar surface area (TPSA) is 74.6 Å². The van der Waals surface area contributed by atoms with Gasteiger partial charge in [-0.3, -0.25) is 4.79 Å². The number of piperazine rings is 1. The molecule has 0 aliphatic carbocycles. The summed E-state index contributed by atoms with van der Waals surface area (Å²) in [6.07, 6.45) is 1.24. The van der Waals surface area contributed by atoms with Crippen molar-refractivity contribution in [3.8, 4) is 5.69 Å². The van der Waals surface area contributed by atoms with Gasteiger partial charge < -0.3 is 19.9 Å². The molecule has 1 aliphatic heterocycles. The van der Waals surface area contributed by atoms with Crippen LogP contribution in [0.4, 0.5) is 10.1 Å². The van der Waals surface area contributed by atoms with Gasteiger partial charge in [-0.15, -0.1) is 0 Å². The fourth-order valence-electron chi connectivity index (χ4n) is 3.53. The lowest BCUT2D eigenvalue weighted by atomic mass is 10.1. The number of para-hydroxylation sites is 1. The van der Waals surface area contributed by atoms with Gasteiger partial charge in [0.2, 0.25) is 5.43 Å². The second-order valence-electron chi connectivity index (χ2n) is 6.54. The summed E-state index contributed by atoms with van der Waals surface area (Å²) in [5.41, 5.74) is -0.0699. The molecular weight excluding hydrogens is 385 g/mol. The highest BCUT2D eigenvalue weighted by Gasteiger charge is 2.25. The first-order valence-corrected chi connectivity index (χ1v) is 9.18. The number of carbonyl (C=O) groups is 1. The predicted molar refractivity (Wildman–Crippen MR) is 107 cm³/mol. The molecule has 1 fully saturated rings. The van der Waals surface area contributed by atoms with E-state index in [0.717, 1.165) is 6.07 Å². The second-order valence-corrected chi connectivity index (χ2v) is 6.91. The quantitative estimate of drug-likeness (QED) is 0.706. The average molecular weight is 402 g/mol. The maximum absolute atomic E-state index is 15.0. The third-order valence-corrected chi connectivity index (χ3v) is 5.21. The molecular formula is C20H17ClFN3O3. The number of fused-ring (bicyclic) bond motifs is 1. The van der Waals surface area contributed by atoms with E-state index in [9.17, 15) is 19.1 Å². The predicted octanol–water partition coefficient (Wildman–Crippen LogP) is 2.89. The fraction of sp³-hybridized carbons (Fsp3) is 0.200. The minimum atomic E-state index is -1.38. The van der Waals surface area contributed by atoms with Crippen LogP contribution < -0.4 is 15.6 Å². The van der Waals surface area contributed by atoms with Crippen molar-refractivity contribution in [2.75, 3.05) is 31.1 Å². The molecule has 8 heteroatoms. The maximum atomic E-state index is 15.0. The van der Waals surface area contributed by atoms with Crippen LogP contribution in [0.3, 0.4) is 0 Å². The number of carboxylic acids is 1. The smallest absolute Gasteiger partial charge is 0.341 e. The van der Waals surface area contributed by atoms with Crippen LogP contribution in [-0.2, 0) is 0 Å². The van der Waals surface area contributed by atoms with E-state index in [4.69, 9.17) is 11.6 Å². The first-order chi connectivity index (χ1) is 13.5. The lowest BCUT2D eigenvalue weighted by Gasteiger charge is -2.31. The van der Waals surface area contributed by atoms with E-state index in [0.29, 0.717) is 31.9 Å². The van der Waals surface area contributed by atoms with E-state index in [1.807, 2.05) is 11.0 Å². The molecule has 0 unspecified atom stereocenters. The van der Waals surface area contributed by atoms with E-state index in [2.05, 4.69) is 5.32 Å².